The average molecular weight is 630 g/mol. The summed E-state index contributed by atoms with van der Waals surface area (Å²) >= 11 is 0. The summed E-state index contributed by atoms with van der Waals surface area (Å²) in [5, 5.41) is 11.9. The number of ether oxygens (including phenoxy) is 2. The number of nitrogen functional groups attached to an aromatic ring is 1. The second-order valence-corrected chi connectivity index (χ2v) is 11.1. The number of benzene rings is 2. The maximum atomic E-state index is 13.1. The number of carbonyl (C=O) groups excluding carboxylic acids is 3. The minimum absolute atomic E-state index is 0.00687. The summed E-state index contributed by atoms with van der Waals surface area (Å²) in [6, 6.07) is 9.96. The normalized spacial score (nSPS) is 15.4. The largest absolute Gasteiger partial charge is 0.469 e. The van der Waals surface area contributed by atoms with Crippen molar-refractivity contribution in [3.63, 3.8) is 0 Å². The lowest BCUT2D eigenvalue weighted by Gasteiger charge is -2.27. The van der Waals surface area contributed by atoms with Crippen molar-refractivity contribution in [3.8, 4) is 0 Å². The van der Waals surface area contributed by atoms with Crippen LogP contribution in [-0.4, -0.2) is 80.2 Å². The third-order valence-electron chi connectivity index (χ3n) is 6.82. The summed E-state index contributed by atoms with van der Waals surface area (Å²) in [6.45, 7) is 0.874. The van der Waals surface area contributed by atoms with Crippen molar-refractivity contribution in [2.24, 2.45) is 0 Å². The van der Waals surface area contributed by atoms with Crippen molar-refractivity contribution in [1.29, 1.82) is 0 Å². The number of H-pyrrole nitrogens is 1. The highest BCUT2D eigenvalue weighted by atomic mass is 32.2. The number of hydrogen-bond donors (Lipinski definition) is 7. The predicted octanol–water partition coefficient (Wildman–Crippen LogP) is 0.535. The smallest absolute Gasteiger partial charge is 0.328 e. The molecule has 16 nitrogen and oxygen atoms in total. The Labute approximate surface area is 251 Å². The monoisotopic (exact) mass is 629 g/mol. The Morgan fingerprint density at radius 3 is 2.43 bits per heavy atom. The van der Waals surface area contributed by atoms with Gasteiger partial charge >= 0.3 is 11.9 Å². The SMILES string of the molecule is COC(=O)C(C[C@H](NC(=O)c1ccc(NC[C@H]2CNc3nc(N)[nH]c(=O)c3N2)cc1)C(=O)OC)c1ccccc1S(=O)(=O)O. The van der Waals surface area contributed by atoms with Gasteiger partial charge in [-0.3, -0.25) is 23.9 Å². The highest BCUT2D eigenvalue weighted by Crippen LogP contribution is 2.29. The molecule has 1 aliphatic rings. The number of hydrogen-bond acceptors (Lipinski definition) is 13. The van der Waals surface area contributed by atoms with E-state index < -0.39 is 56.8 Å². The molecule has 3 atom stereocenters. The number of methoxy groups -OCH3 is 2. The van der Waals surface area contributed by atoms with E-state index in [1.165, 1.54) is 30.3 Å². The van der Waals surface area contributed by atoms with E-state index >= 15 is 0 Å². The fourth-order valence-corrected chi connectivity index (χ4v) is 5.42. The molecule has 0 saturated heterocycles. The maximum Gasteiger partial charge on any atom is 0.328 e. The van der Waals surface area contributed by atoms with Gasteiger partial charge in [-0.1, -0.05) is 18.2 Å². The van der Waals surface area contributed by atoms with Crippen molar-refractivity contribution >= 4 is 51.1 Å². The molecule has 1 aliphatic heterocycles. The van der Waals surface area contributed by atoms with Crippen molar-refractivity contribution in [2.75, 3.05) is 49.0 Å². The number of carbonyl (C=O) groups is 3. The van der Waals surface area contributed by atoms with Gasteiger partial charge in [-0.2, -0.15) is 13.4 Å². The molecule has 3 aromatic rings. The molecule has 1 aromatic heterocycles. The van der Waals surface area contributed by atoms with Gasteiger partial charge in [0.1, 0.15) is 11.7 Å². The number of aromatic amines is 1. The summed E-state index contributed by atoms with van der Waals surface area (Å²) in [7, 11) is -2.55. The summed E-state index contributed by atoms with van der Waals surface area (Å²) in [6.07, 6.45) is -0.423. The Balaban J connectivity index is 1.44. The fraction of sp³-hybridized carbons (Fsp3) is 0.296. The van der Waals surface area contributed by atoms with Crippen LogP contribution in [0.3, 0.4) is 0 Å². The van der Waals surface area contributed by atoms with Gasteiger partial charge in [-0.05, 0) is 42.3 Å². The fourth-order valence-electron chi connectivity index (χ4n) is 4.66. The van der Waals surface area contributed by atoms with E-state index in [1.54, 1.807) is 12.1 Å². The molecule has 8 N–H and O–H groups in total. The second kappa shape index (κ2) is 13.4. The number of esters is 2. The van der Waals surface area contributed by atoms with Gasteiger partial charge in [0.15, 0.2) is 5.82 Å². The molecule has 0 fully saturated rings. The zero-order chi connectivity index (χ0) is 32.0. The number of nitrogens with one attached hydrogen (secondary N) is 5. The highest BCUT2D eigenvalue weighted by molar-refractivity contribution is 7.85. The predicted molar refractivity (Wildman–Crippen MR) is 159 cm³/mol. The first-order chi connectivity index (χ1) is 20.9. The molecule has 2 heterocycles. The first kappa shape index (κ1) is 31.8. The second-order valence-electron chi connectivity index (χ2n) is 9.73. The van der Waals surface area contributed by atoms with Crippen LogP contribution in [0.15, 0.2) is 58.2 Å². The Morgan fingerprint density at radius 2 is 1.77 bits per heavy atom. The molecule has 17 heteroatoms. The molecule has 234 valence electrons. The van der Waals surface area contributed by atoms with Crippen molar-refractivity contribution in [3.05, 3.63) is 70.0 Å². The van der Waals surface area contributed by atoms with Crippen LogP contribution < -0.4 is 32.6 Å². The van der Waals surface area contributed by atoms with Gasteiger partial charge in [0, 0.05) is 24.3 Å². The number of amides is 1. The first-order valence-electron chi connectivity index (χ1n) is 13.2. The van der Waals surface area contributed by atoms with E-state index in [2.05, 4.69) is 31.2 Å². The Hall–Kier alpha value is -5.16. The van der Waals surface area contributed by atoms with Crippen LogP contribution in [-0.2, 0) is 29.2 Å². The molecule has 0 spiro atoms. The van der Waals surface area contributed by atoms with Crippen LogP contribution in [0, 0.1) is 0 Å². The molecule has 4 rings (SSSR count). The van der Waals surface area contributed by atoms with E-state index in [1.807, 2.05) is 0 Å². The minimum Gasteiger partial charge on any atom is -0.469 e. The molecular weight excluding hydrogens is 598 g/mol. The Morgan fingerprint density at radius 1 is 1.09 bits per heavy atom. The van der Waals surface area contributed by atoms with Gasteiger partial charge in [0.05, 0.1) is 31.1 Å². The number of anilines is 4. The maximum absolute atomic E-state index is 13.1. The van der Waals surface area contributed by atoms with Gasteiger partial charge in [-0.15, -0.1) is 0 Å². The van der Waals surface area contributed by atoms with Gasteiger partial charge in [0.2, 0.25) is 5.95 Å². The lowest BCUT2D eigenvalue weighted by molar-refractivity contribution is -0.145. The van der Waals surface area contributed by atoms with Crippen LogP contribution in [0.4, 0.5) is 23.1 Å². The van der Waals surface area contributed by atoms with Crippen molar-refractivity contribution in [2.45, 2.75) is 29.3 Å². The lowest BCUT2D eigenvalue weighted by atomic mass is 9.91. The van der Waals surface area contributed by atoms with Crippen LogP contribution in [0.25, 0.3) is 0 Å². The molecule has 0 radical (unpaired) electrons. The average Bonchev–Trinajstić information content (AvgIpc) is 3.01. The van der Waals surface area contributed by atoms with Crippen LogP contribution in [0.5, 0.6) is 0 Å². The van der Waals surface area contributed by atoms with Gasteiger partial charge in [0.25, 0.3) is 21.6 Å². The summed E-state index contributed by atoms with van der Waals surface area (Å²) in [5.74, 6) is -3.43. The highest BCUT2D eigenvalue weighted by Gasteiger charge is 2.34. The first-order valence-corrected chi connectivity index (χ1v) is 14.6. The van der Waals surface area contributed by atoms with E-state index in [0.717, 1.165) is 20.3 Å². The molecular formula is C27H31N7O9S. The summed E-state index contributed by atoms with van der Waals surface area (Å²) in [5.41, 5.74) is 6.18. The third kappa shape index (κ3) is 7.42. The van der Waals surface area contributed by atoms with E-state index in [-0.39, 0.29) is 28.8 Å². The Bertz CT molecular complexity index is 1710. The van der Waals surface area contributed by atoms with Crippen LogP contribution >= 0.6 is 0 Å². The molecule has 1 unspecified atom stereocenters. The Kier molecular flexibility index (Phi) is 9.70. The molecule has 0 saturated carbocycles. The topological polar surface area (TPSA) is 244 Å². The number of rotatable bonds is 11. The van der Waals surface area contributed by atoms with Crippen molar-refractivity contribution < 1.29 is 36.8 Å². The lowest BCUT2D eigenvalue weighted by Crippen LogP contribution is -2.43. The molecule has 1 amide bonds. The number of nitrogens with two attached hydrogens (primary N) is 1. The van der Waals surface area contributed by atoms with E-state index in [0.29, 0.717) is 24.6 Å². The molecule has 2 aromatic carbocycles. The zero-order valence-corrected chi connectivity index (χ0v) is 24.4. The molecule has 0 bridgehead atoms. The summed E-state index contributed by atoms with van der Waals surface area (Å²) in [4.78, 5) is 56.5. The van der Waals surface area contributed by atoms with Gasteiger partial charge < -0.3 is 36.5 Å². The van der Waals surface area contributed by atoms with E-state index in [4.69, 9.17) is 15.2 Å². The van der Waals surface area contributed by atoms with Gasteiger partial charge in [-0.25, -0.2) is 4.79 Å². The number of nitrogens with zero attached hydrogens (tertiary/aromatic N) is 1. The number of fused-ring (bicyclic) bond motifs is 1. The molecule has 44 heavy (non-hydrogen) atoms. The zero-order valence-electron chi connectivity index (χ0n) is 23.6. The number of aromatic nitrogens is 2. The quantitative estimate of drug-likeness (QED) is 0.113. The van der Waals surface area contributed by atoms with Crippen LogP contribution in [0.2, 0.25) is 0 Å². The molecule has 0 aliphatic carbocycles. The van der Waals surface area contributed by atoms with Crippen LogP contribution in [0.1, 0.15) is 28.3 Å². The third-order valence-corrected chi connectivity index (χ3v) is 7.75. The summed E-state index contributed by atoms with van der Waals surface area (Å²) < 4.78 is 43.2. The standard InChI is InChI=1S/C27H31N7O9S/c1-42-25(37)18(17-5-3-4-6-20(17)44(39,40)41)11-19(26(38)43-2)32-23(35)14-7-9-15(10-8-14)29-12-16-13-30-22-21(31-16)24(36)34-27(28)33-22/h3-10,16,18-19,29,31H,11-13H2,1-2H3,(H,32,35)(H,39,40,41)(H4,28,30,33,34,36)/t16-,18?,19-/m0/s1. The van der Waals surface area contributed by atoms with Crippen molar-refractivity contribution in [1.82, 2.24) is 15.3 Å². The minimum atomic E-state index is -4.73. The van der Waals surface area contributed by atoms with E-state index in [9.17, 15) is 32.1 Å².